The molecule has 0 aliphatic rings. The van der Waals surface area contributed by atoms with E-state index in [1.807, 2.05) is 6.92 Å². The molecule has 0 bridgehead atoms. The molecule has 0 amide bonds. The van der Waals surface area contributed by atoms with Gasteiger partial charge in [-0.1, -0.05) is 6.07 Å². The van der Waals surface area contributed by atoms with Crippen molar-refractivity contribution in [3.63, 3.8) is 0 Å². The zero-order chi connectivity index (χ0) is 12.4. The normalized spacial score (nSPS) is 10.5. The van der Waals surface area contributed by atoms with E-state index in [0.29, 0.717) is 5.69 Å². The van der Waals surface area contributed by atoms with Gasteiger partial charge in [-0.05, 0) is 30.2 Å². The Labute approximate surface area is 98.9 Å². The lowest BCUT2D eigenvalue weighted by atomic mass is 10.0. The van der Waals surface area contributed by atoms with E-state index in [4.69, 9.17) is 0 Å². The summed E-state index contributed by atoms with van der Waals surface area (Å²) in [5, 5.41) is 0. The van der Waals surface area contributed by atoms with E-state index < -0.39 is 0 Å². The van der Waals surface area contributed by atoms with Crippen LogP contribution >= 0.6 is 0 Å². The van der Waals surface area contributed by atoms with Crippen LogP contribution in [0.4, 0.5) is 4.39 Å². The highest BCUT2D eigenvalue weighted by Crippen LogP contribution is 2.13. The second-order valence-electron chi connectivity index (χ2n) is 4.06. The standard InChI is InChI=1S/C13H13FN2O/c1-9-3-4-11(14)5-10(9)6-13(17)12-7-15-8-16(12)2/h3-5,7-8H,6H2,1-2H3. The van der Waals surface area contributed by atoms with Crippen molar-refractivity contribution in [2.75, 3.05) is 0 Å². The van der Waals surface area contributed by atoms with Crippen LogP contribution in [0, 0.1) is 12.7 Å². The number of imidazole rings is 1. The van der Waals surface area contributed by atoms with Crippen molar-refractivity contribution >= 4 is 5.78 Å². The molecule has 88 valence electrons. The van der Waals surface area contributed by atoms with Crippen molar-refractivity contribution in [1.29, 1.82) is 0 Å². The number of hydrogen-bond acceptors (Lipinski definition) is 2. The molecule has 1 aromatic carbocycles. The van der Waals surface area contributed by atoms with Gasteiger partial charge in [0.15, 0.2) is 5.78 Å². The van der Waals surface area contributed by atoms with Crippen molar-refractivity contribution in [3.05, 3.63) is 53.4 Å². The average Bonchev–Trinajstić information content (AvgIpc) is 2.70. The summed E-state index contributed by atoms with van der Waals surface area (Å²) in [6.45, 7) is 1.87. The van der Waals surface area contributed by atoms with E-state index >= 15 is 0 Å². The lowest BCUT2D eigenvalue weighted by molar-refractivity contribution is 0.0985. The van der Waals surface area contributed by atoms with Crippen LogP contribution in [0.25, 0.3) is 0 Å². The Hall–Kier alpha value is -1.97. The van der Waals surface area contributed by atoms with E-state index in [1.165, 1.54) is 18.3 Å². The van der Waals surface area contributed by atoms with Crippen LogP contribution in [0.3, 0.4) is 0 Å². The summed E-state index contributed by atoms with van der Waals surface area (Å²) in [5.41, 5.74) is 2.17. The van der Waals surface area contributed by atoms with Gasteiger partial charge in [0, 0.05) is 13.5 Å². The summed E-state index contributed by atoms with van der Waals surface area (Å²) in [7, 11) is 1.76. The molecule has 17 heavy (non-hydrogen) atoms. The highest BCUT2D eigenvalue weighted by Gasteiger charge is 2.12. The van der Waals surface area contributed by atoms with Crippen LogP contribution in [-0.4, -0.2) is 15.3 Å². The molecule has 3 nitrogen and oxygen atoms in total. The predicted molar refractivity (Wildman–Crippen MR) is 62.4 cm³/mol. The van der Waals surface area contributed by atoms with E-state index in [1.54, 1.807) is 24.0 Å². The minimum atomic E-state index is -0.316. The molecule has 2 rings (SSSR count). The molecular weight excluding hydrogens is 219 g/mol. The number of carbonyl (C=O) groups is 1. The largest absolute Gasteiger partial charge is 0.331 e. The van der Waals surface area contributed by atoms with Gasteiger partial charge in [0.2, 0.25) is 0 Å². The van der Waals surface area contributed by atoms with Crippen LogP contribution in [0.1, 0.15) is 21.6 Å². The lowest BCUT2D eigenvalue weighted by Gasteiger charge is -2.05. The van der Waals surface area contributed by atoms with Crippen molar-refractivity contribution in [2.24, 2.45) is 7.05 Å². The number of ketones is 1. The van der Waals surface area contributed by atoms with Gasteiger partial charge in [-0.15, -0.1) is 0 Å². The second-order valence-corrected chi connectivity index (χ2v) is 4.06. The molecule has 0 radical (unpaired) electrons. The van der Waals surface area contributed by atoms with Crippen LogP contribution in [0.15, 0.2) is 30.7 Å². The summed E-state index contributed by atoms with van der Waals surface area (Å²) in [6.07, 6.45) is 3.30. The van der Waals surface area contributed by atoms with Gasteiger partial charge >= 0.3 is 0 Å². The zero-order valence-electron chi connectivity index (χ0n) is 9.77. The summed E-state index contributed by atoms with van der Waals surface area (Å²) >= 11 is 0. The molecule has 4 heteroatoms. The molecule has 0 unspecified atom stereocenters. The second kappa shape index (κ2) is 4.49. The molecule has 0 aliphatic heterocycles. The molecule has 0 saturated carbocycles. The number of carbonyl (C=O) groups excluding carboxylic acids is 1. The van der Waals surface area contributed by atoms with E-state index in [2.05, 4.69) is 4.98 Å². The van der Waals surface area contributed by atoms with E-state index in [0.717, 1.165) is 11.1 Å². The number of hydrogen-bond donors (Lipinski definition) is 0. The Kier molecular flexibility index (Phi) is 3.04. The van der Waals surface area contributed by atoms with Crippen LogP contribution < -0.4 is 0 Å². The van der Waals surface area contributed by atoms with Crippen molar-refractivity contribution in [1.82, 2.24) is 9.55 Å². The third kappa shape index (κ3) is 2.41. The molecule has 0 aliphatic carbocycles. The van der Waals surface area contributed by atoms with Crippen LogP contribution in [-0.2, 0) is 13.5 Å². The summed E-state index contributed by atoms with van der Waals surface area (Å²) in [6, 6.07) is 4.48. The number of aryl methyl sites for hydroxylation is 2. The molecular formula is C13H13FN2O. The van der Waals surface area contributed by atoms with Gasteiger partial charge in [0.05, 0.1) is 12.5 Å². The minimum Gasteiger partial charge on any atom is -0.331 e. The van der Waals surface area contributed by atoms with Crippen LogP contribution in [0.5, 0.6) is 0 Å². The fourth-order valence-corrected chi connectivity index (χ4v) is 1.72. The number of Topliss-reactive ketones (excluding diaryl/α,β-unsaturated/α-hetero) is 1. The molecule has 1 aromatic heterocycles. The SMILES string of the molecule is Cc1ccc(F)cc1CC(=O)c1cncn1C. The maximum atomic E-state index is 13.1. The van der Waals surface area contributed by atoms with Gasteiger partial charge in [-0.25, -0.2) is 9.37 Å². The molecule has 1 heterocycles. The van der Waals surface area contributed by atoms with Gasteiger partial charge in [-0.3, -0.25) is 4.79 Å². The van der Waals surface area contributed by atoms with Crippen LogP contribution in [0.2, 0.25) is 0 Å². The average molecular weight is 232 g/mol. The zero-order valence-corrected chi connectivity index (χ0v) is 9.77. The number of aromatic nitrogens is 2. The van der Waals surface area contributed by atoms with Crippen molar-refractivity contribution in [3.8, 4) is 0 Å². The highest BCUT2D eigenvalue weighted by molar-refractivity contribution is 5.96. The molecule has 0 saturated heterocycles. The predicted octanol–water partition coefficient (Wildman–Crippen LogP) is 2.29. The fourth-order valence-electron chi connectivity index (χ4n) is 1.72. The molecule has 0 atom stereocenters. The Morgan fingerprint density at radius 2 is 2.24 bits per heavy atom. The number of rotatable bonds is 3. The Morgan fingerprint density at radius 1 is 1.47 bits per heavy atom. The van der Waals surface area contributed by atoms with Gasteiger partial charge < -0.3 is 4.57 Å². The maximum Gasteiger partial charge on any atom is 0.185 e. The van der Waals surface area contributed by atoms with E-state index in [-0.39, 0.29) is 18.0 Å². The van der Waals surface area contributed by atoms with Crippen molar-refractivity contribution < 1.29 is 9.18 Å². The quantitative estimate of drug-likeness (QED) is 0.761. The third-order valence-electron chi connectivity index (χ3n) is 2.76. The van der Waals surface area contributed by atoms with Crippen molar-refractivity contribution in [2.45, 2.75) is 13.3 Å². The van der Waals surface area contributed by atoms with Gasteiger partial charge in [0.25, 0.3) is 0 Å². The first-order valence-corrected chi connectivity index (χ1v) is 5.32. The molecule has 0 N–H and O–H groups in total. The monoisotopic (exact) mass is 232 g/mol. The number of nitrogens with zero attached hydrogens (tertiary/aromatic N) is 2. The maximum absolute atomic E-state index is 13.1. The molecule has 2 aromatic rings. The molecule has 0 spiro atoms. The smallest absolute Gasteiger partial charge is 0.185 e. The third-order valence-corrected chi connectivity index (χ3v) is 2.76. The molecule has 0 fully saturated rings. The van der Waals surface area contributed by atoms with E-state index in [9.17, 15) is 9.18 Å². The number of benzene rings is 1. The van der Waals surface area contributed by atoms with Gasteiger partial charge in [0.1, 0.15) is 11.5 Å². The summed E-state index contributed by atoms with van der Waals surface area (Å²) in [4.78, 5) is 15.9. The Bertz CT molecular complexity index is 560. The first kappa shape index (κ1) is 11.5. The Balaban J connectivity index is 2.24. The lowest BCUT2D eigenvalue weighted by Crippen LogP contribution is -2.09. The summed E-state index contributed by atoms with van der Waals surface area (Å²) < 4.78 is 14.8. The first-order valence-electron chi connectivity index (χ1n) is 5.32. The van der Waals surface area contributed by atoms with Gasteiger partial charge in [-0.2, -0.15) is 0 Å². The topological polar surface area (TPSA) is 34.9 Å². The minimum absolute atomic E-state index is 0.0568. The summed E-state index contributed by atoms with van der Waals surface area (Å²) in [5.74, 6) is -0.373. The number of halogens is 1. The Morgan fingerprint density at radius 3 is 2.88 bits per heavy atom. The highest BCUT2D eigenvalue weighted by atomic mass is 19.1. The first-order chi connectivity index (χ1) is 8.08. The fraction of sp³-hybridized carbons (Fsp3) is 0.231.